The van der Waals surface area contributed by atoms with E-state index in [4.69, 9.17) is 4.74 Å². The molecule has 0 saturated heterocycles. The fourth-order valence-corrected chi connectivity index (χ4v) is 1.60. The molecule has 0 bridgehead atoms. The molecule has 90 valence electrons. The van der Waals surface area contributed by atoms with Crippen LogP contribution in [0, 0.1) is 0 Å². The summed E-state index contributed by atoms with van der Waals surface area (Å²) in [7, 11) is 0. The van der Waals surface area contributed by atoms with Crippen LogP contribution in [-0.2, 0) is 6.42 Å². The molecule has 0 atom stereocenters. The van der Waals surface area contributed by atoms with Crippen molar-refractivity contribution in [2.45, 2.75) is 39.7 Å². The van der Waals surface area contributed by atoms with Gasteiger partial charge in [-0.05, 0) is 44.0 Å². The van der Waals surface area contributed by atoms with Crippen molar-refractivity contribution in [2.24, 2.45) is 0 Å². The average molecular weight is 221 g/mol. The summed E-state index contributed by atoms with van der Waals surface area (Å²) in [4.78, 5) is 0. The van der Waals surface area contributed by atoms with Crippen LogP contribution in [0.4, 0.5) is 0 Å². The zero-order chi connectivity index (χ0) is 11.8. The van der Waals surface area contributed by atoms with Gasteiger partial charge in [-0.15, -0.1) is 0 Å². The van der Waals surface area contributed by atoms with Gasteiger partial charge in [0.05, 0.1) is 6.61 Å². The third-order valence-electron chi connectivity index (χ3n) is 2.43. The molecule has 0 aliphatic heterocycles. The van der Waals surface area contributed by atoms with Gasteiger partial charge in [0.25, 0.3) is 0 Å². The zero-order valence-corrected chi connectivity index (χ0v) is 10.6. The minimum Gasteiger partial charge on any atom is -0.494 e. The van der Waals surface area contributed by atoms with Crippen LogP contribution >= 0.6 is 0 Å². The lowest BCUT2D eigenvalue weighted by atomic mass is 10.1. The van der Waals surface area contributed by atoms with Crippen LogP contribution in [0.15, 0.2) is 24.3 Å². The summed E-state index contributed by atoms with van der Waals surface area (Å²) in [6.45, 7) is 8.18. The smallest absolute Gasteiger partial charge is 0.119 e. The zero-order valence-electron chi connectivity index (χ0n) is 10.6. The lowest BCUT2D eigenvalue weighted by Crippen LogP contribution is -2.23. The van der Waals surface area contributed by atoms with Gasteiger partial charge in [0.1, 0.15) is 5.75 Å². The summed E-state index contributed by atoms with van der Waals surface area (Å²) in [5.74, 6) is 0.964. The Kier molecular flexibility index (Phi) is 5.94. The van der Waals surface area contributed by atoms with Crippen molar-refractivity contribution in [3.63, 3.8) is 0 Å². The molecule has 0 saturated carbocycles. The molecular formula is C14H23NO. The molecule has 0 aliphatic rings. The maximum Gasteiger partial charge on any atom is 0.119 e. The van der Waals surface area contributed by atoms with E-state index in [1.54, 1.807) is 0 Å². The van der Waals surface area contributed by atoms with E-state index in [2.05, 4.69) is 43.4 Å². The first-order chi connectivity index (χ1) is 7.72. The second kappa shape index (κ2) is 7.29. The first-order valence-electron chi connectivity index (χ1n) is 6.17. The fraction of sp³-hybridized carbons (Fsp3) is 0.571. The van der Waals surface area contributed by atoms with E-state index in [1.807, 2.05) is 6.92 Å². The van der Waals surface area contributed by atoms with Crippen molar-refractivity contribution in [1.29, 1.82) is 0 Å². The number of aryl methyl sites for hydroxylation is 1. The minimum absolute atomic E-state index is 0.584. The van der Waals surface area contributed by atoms with E-state index < -0.39 is 0 Å². The Balaban J connectivity index is 2.26. The number of hydrogen-bond acceptors (Lipinski definition) is 2. The highest BCUT2D eigenvalue weighted by Crippen LogP contribution is 2.13. The van der Waals surface area contributed by atoms with Crippen molar-refractivity contribution < 1.29 is 4.74 Å². The molecule has 1 N–H and O–H groups in total. The molecule has 0 aromatic heterocycles. The van der Waals surface area contributed by atoms with Crippen molar-refractivity contribution in [1.82, 2.24) is 5.32 Å². The quantitative estimate of drug-likeness (QED) is 0.715. The molecule has 2 nitrogen and oxygen atoms in total. The maximum atomic E-state index is 5.41. The Morgan fingerprint density at radius 3 is 2.44 bits per heavy atom. The predicted octanol–water partition coefficient (Wildman–Crippen LogP) is 3.02. The molecule has 0 aliphatic carbocycles. The molecule has 0 fully saturated rings. The van der Waals surface area contributed by atoms with E-state index in [0.717, 1.165) is 25.3 Å². The Bertz CT molecular complexity index is 279. The van der Waals surface area contributed by atoms with Crippen molar-refractivity contribution >= 4 is 0 Å². The molecule has 0 heterocycles. The number of benzene rings is 1. The minimum atomic E-state index is 0.584. The van der Waals surface area contributed by atoms with Gasteiger partial charge in [-0.1, -0.05) is 26.0 Å². The average Bonchev–Trinajstić information content (AvgIpc) is 2.27. The van der Waals surface area contributed by atoms with Crippen molar-refractivity contribution in [2.75, 3.05) is 13.2 Å². The molecule has 1 aromatic carbocycles. The molecule has 1 aromatic rings. The molecular weight excluding hydrogens is 198 g/mol. The van der Waals surface area contributed by atoms with E-state index in [1.165, 1.54) is 12.0 Å². The lowest BCUT2D eigenvalue weighted by molar-refractivity contribution is 0.340. The Morgan fingerprint density at radius 1 is 1.19 bits per heavy atom. The number of nitrogens with one attached hydrogen (secondary N) is 1. The summed E-state index contributed by atoms with van der Waals surface area (Å²) in [6.07, 6.45) is 2.32. The molecule has 0 radical (unpaired) electrons. The highest BCUT2D eigenvalue weighted by Gasteiger charge is 1.96. The summed E-state index contributed by atoms with van der Waals surface area (Å²) in [5, 5.41) is 3.42. The van der Waals surface area contributed by atoms with E-state index in [-0.39, 0.29) is 0 Å². The SMILES string of the molecule is CCOc1ccc(CCCNC(C)C)cc1. The Labute approximate surface area is 99.0 Å². The van der Waals surface area contributed by atoms with Gasteiger partial charge in [-0.2, -0.15) is 0 Å². The summed E-state index contributed by atoms with van der Waals surface area (Å²) in [5.41, 5.74) is 1.38. The largest absolute Gasteiger partial charge is 0.494 e. The van der Waals surface area contributed by atoms with Crippen LogP contribution < -0.4 is 10.1 Å². The topological polar surface area (TPSA) is 21.3 Å². The highest BCUT2D eigenvalue weighted by atomic mass is 16.5. The van der Waals surface area contributed by atoms with Gasteiger partial charge >= 0.3 is 0 Å². The van der Waals surface area contributed by atoms with Crippen LogP contribution in [0.25, 0.3) is 0 Å². The lowest BCUT2D eigenvalue weighted by Gasteiger charge is -2.08. The molecule has 0 spiro atoms. The van der Waals surface area contributed by atoms with Crippen LogP contribution in [0.5, 0.6) is 5.75 Å². The third kappa shape index (κ3) is 5.17. The monoisotopic (exact) mass is 221 g/mol. The van der Waals surface area contributed by atoms with E-state index in [9.17, 15) is 0 Å². The molecule has 2 heteroatoms. The molecule has 16 heavy (non-hydrogen) atoms. The first-order valence-corrected chi connectivity index (χ1v) is 6.17. The van der Waals surface area contributed by atoms with Crippen molar-refractivity contribution in [3.05, 3.63) is 29.8 Å². The number of rotatable bonds is 7. The first kappa shape index (κ1) is 13.0. The van der Waals surface area contributed by atoms with E-state index >= 15 is 0 Å². The van der Waals surface area contributed by atoms with Gasteiger partial charge in [0.15, 0.2) is 0 Å². The second-order valence-corrected chi connectivity index (χ2v) is 4.29. The van der Waals surface area contributed by atoms with Crippen LogP contribution in [-0.4, -0.2) is 19.2 Å². The fourth-order valence-electron chi connectivity index (χ4n) is 1.60. The summed E-state index contributed by atoms with van der Waals surface area (Å²) >= 11 is 0. The predicted molar refractivity (Wildman–Crippen MR) is 69.1 cm³/mol. The summed E-state index contributed by atoms with van der Waals surface area (Å²) < 4.78 is 5.41. The van der Waals surface area contributed by atoms with Gasteiger partial charge < -0.3 is 10.1 Å². The van der Waals surface area contributed by atoms with Gasteiger partial charge in [-0.3, -0.25) is 0 Å². The third-order valence-corrected chi connectivity index (χ3v) is 2.43. The van der Waals surface area contributed by atoms with E-state index in [0.29, 0.717) is 6.04 Å². The molecule has 0 amide bonds. The Hall–Kier alpha value is -1.02. The number of ether oxygens (including phenoxy) is 1. The van der Waals surface area contributed by atoms with Gasteiger partial charge in [-0.25, -0.2) is 0 Å². The van der Waals surface area contributed by atoms with Crippen LogP contribution in [0.2, 0.25) is 0 Å². The maximum absolute atomic E-state index is 5.41. The van der Waals surface area contributed by atoms with Crippen LogP contribution in [0.3, 0.4) is 0 Å². The summed E-state index contributed by atoms with van der Waals surface area (Å²) in [6, 6.07) is 8.99. The van der Waals surface area contributed by atoms with Gasteiger partial charge in [0, 0.05) is 6.04 Å². The molecule has 0 unspecified atom stereocenters. The normalized spacial score (nSPS) is 10.8. The molecule has 1 rings (SSSR count). The van der Waals surface area contributed by atoms with Gasteiger partial charge in [0.2, 0.25) is 0 Å². The van der Waals surface area contributed by atoms with Crippen molar-refractivity contribution in [3.8, 4) is 5.75 Å². The highest BCUT2D eigenvalue weighted by molar-refractivity contribution is 5.27. The Morgan fingerprint density at radius 2 is 1.88 bits per heavy atom. The number of hydrogen-bond donors (Lipinski definition) is 1. The standard InChI is InChI=1S/C14H23NO/c1-4-16-14-9-7-13(8-10-14)6-5-11-15-12(2)3/h7-10,12,15H,4-6,11H2,1-3H3. The second-order valence-electron chi connectivity index (χ2n) is 4.29. The van der Waals surface area contributed by atoms with Crippen LogP contribution in [0.1, 0.15) is 32.8 Å².